The van der Waals surface area contributed by atoms with E-state index in [2.05, 4.69) is 52.2 Å². The van der Waals surface area contributed by atoms with Crippen molar-refractivity contribution >= 4 is 15.9 Å². The van der Waals surface area contributed by atoms with E-state index >= 15 is 0 Å². The second-order valence-corrected chi connectivity index (χ2v) is 5.92. The molecular weight excluding hydrogens is 328 g/mol. The van der Waals surface area contributed by atoms with Gasteiger partial charge in [-0.25, -0.2) is 0 Å². The average Bonchev–Trinajstić information content (AvgIpc) is 2.51. The van der Waals surface area contributed by atoms with Crippen LogP contribution in [0.25, 0.3) is 0 Å². The Morgan fingerprint density at radius 2 is 2.19 bits per heavy atom. The van der Waals surface area contributed by atoms with Gasteiger partial charge in [0.1, 0.15) is 12.4 Å². The number of ether oxygens (including phenoxy) is 1. The van der Waals surface area contributed by atoms with Gasteiger partial charge in [0, 0.05) is 34.0 Å². The van der Waals surface area contributed by atoms with Gasteiger partial charge in [-0.15, -0.1) is 0 Å². The van der Waals surface area contributed by atoms with E-state index in [0.717, 1.165) is 28.8 Å². The summed E-state index contributed by atoms with van der Waals surface area (Å²) in [6, 6.07) is 10.4. The fraction of sp³-hybridized carbons (Fsp3) is 0.353. The first-order valence-electron chi connectivity index (χ1n) is 7.25. The standard InChI is InChI=1S/C17H21BrN2O/c1-3-8-20-13(2)16-7-6-15(18)10-17(16)21-12-14-5-4-9-19-11-14/h4-7,9-11,13,20H,3,8,12H2,1-2H3. The first kappa shape index (κ1) is 16.0. The van der Waals surface area contributed by atoms with Crippen molar-refractivity contribution in [3.8, 4) is 5.75 Å². The Morgan fingerprint density at radius 1 is 1.33 bits per heavy atom. The summed E-state index contributed by atoms with van der Waals surface area (Å²) < 4.78 is 7.02. The van der Waals surface area contributed by atoms with Gasteiger partial charge in [-0.05, 0) is 38.1 Å². The van der Waals surface area contributed by atoms with Crippen LogP contribution in [0.5, 0.6) is 5.75 Å². The van der Waals surface area contributed by atoms with Gasteiger partial charge in [0.15, 0.2) is 0 Å². The molecule has 21 heavy (non-hydrogen) atoms. The van der Waals surface area contributed by atoms with Crippen LogP contribution in [0.1, 0.15) is 37.4 Å². The van der Waals surface area contributed by atoms with Gasteiger partial charge in [0.05, 0.1) is 0 Å². The third-order valence-electron chi connectivity index (χ3n) is 3.26. The number of rotatable bonds is 7. The highest BCUT2D eigenvalue weighted by molar-refractivity contribution is 9.10. The predicted octanol–water partition coefficient (Wildman–Crippen LogP) is 4.48. The van der Waals surface area contributed by atoms with Gasteiger partial charge in [-0.1, -0.05) is 35.0 Å². The van der Waals surface area contributed by atoms with E-state index in [4.69, 9.17) is 4.74 Å². The Morgan fingerprint density at radius 3 is 2.90 bits per heavy atom. The second-order valence-electron chi connectivity index (χ2n) is 5.01. The molecule has 2 rings (SSSR count). The molecule has 0 spiro atoms. The zero-order valence-corrected chi connectivity index (χ0v) is 14.1. The smallest absolute Gasteiger partial charge is 0.125 e. The monoisotopic (exact) mass is 348 g/mol. The van der Waals surface area contributed by atoms with Crippen LogP contribution in [0, 0.1) is 0 Å². The van der Waals surface area contributed by atoms with Crippen molar-refractivity contribution in [2.75, 3.05) is 6.54 Å². The molecule has 1 heterocycles. The third-order valence-corrected chi connectivity index (χ3v) is 3.75. The van der Waals surface area contributed by atoms with E-state index in [1.807, 2.05) is 24.4 Å². The summed E-state index contributed by atoms with van der Waals surface area (Å²) in [5.41, 5.74) is 2.24. The van der Waals surface area contributed by atoms with Crippen LogP contribution in [0.15, 0.2) is 47.2 Å². The van der Waals surface area contributed by atoms with Crippen molar-refractivity contribution in [3.05, 3.63) is 58.3 Å². The van der Waals surface area contributed by atoms with Crippen LogP contribution in [0.4, 0.5) is 0 Å². The Bertz CT molecular complexity index is 560. The Hall–Kier alpha value is -1.39. The van der Waals surface area contributed by atoms with Gasteiger partial charge in [0.25, 0.3) is 0 Å². The molecule has 0 fully saturated rings. The molecule has 0 bridgehead atoms. The van der Waals surface area contributed by atoms with E-state index in [1.165, 1.54) is 5.56 Å². The highest BCUT2D eigenvalue weighted by Crippen LogP contribution is 2.29. The van der Waals surface area contributed by atoms with Crippen LogP contribution in [0.2, 0.25) is 0 Å². The molecule has 4 heteroatoms. The number of nitrogens with zero attached hydrogens (tertiary/aromatic N) is 1. The molecule has 0 saturated carbocycles. The third kappa shape index (κ3) is 4.83. The minimum absolute atomic E-state index is 0.266. The van der Waals surface area contributed by atoms with E-state index in [9.17, 15) is 0 Å². The number of hydrogen-bond donors (Lipinski definition) is 1. The highest BCUT2D eigenvalue weighted by atomic mass is 79.9. The minimum Gasteiger partial charge on any atom is -0.488 e. The molecule has 0 amide bonds. The molecule has 1 atom stereocenters. The van der Waals surface area contributed by atoms with Gasteiger partial charge in [0.2, 0.25) is 0 Å². The first-order valence-corrected chi connectivity index (χ1v) is 8.04. The zero-order chi connectivity index (χ0) is 15.1. The maximum absolute atomic E-state index is 6.00. The molecule has 0 aliphatic carbocycles. The number of hydrogen-bond acceptors (Lipinski definition) is 3. The largest absolute Gasteiger partial charge is 0.488 e. The van der Waals surface area contributed by atoms with Crippen molar-refractivity contribution in [2.24, 2.45) is 0 Å². The number of aromatic nitrogens is 1. The van der Waals surface area contributed by atoms with Crippen LogP contribution in [-0.4, -0.2) is 11.5 Å². The minimum atomic E-state index is 0.266. The summed E-state index contributed by atoms with van der Waals surface area (Å²) in [4.78, 5) is 4.11. The lowest BCUT2D eigenvalue weighted by Crippen LogP contribution is -2.20. The molecule has 0 saturated heterocycles. The van der Waals surface area contributed by atoms with Crippen LogP contribution in [0.3, 0.4) is 0 Å². The normalized spacial score (nSPS) is 12.1. The summed E-state index contributed by atoms with van der Waals surface area (Å²) >= 11 is 3.51. The van der Waals surface area contributed by atoms with E-state index < -0.39 is 0 Å². The highest BCUT2D eigenvalue weighted by Gasteiger charge is 2.12. The molecule has 1 aromatic carbocycles. The lowest BCUT2D eigenvalue weighted by molar-refractivity contribution is 0.299. The van der Waals surface area contributed by atoms with Crippen LogP contribution >= 0.6 is 15.9 Å². The first-order chi connectivity index (χ1) is 10.2. The number of benzene rings is 1. The average molecular weight is 349 g/mol. The van der Waals surface area contributed by atoms with Crippen molar-refractivity contribution in [1.29, 1.82) is 0 Å². The number of nitrogens with one attached hydrogen (secondary N) is 1. The molecule has 1 unspecified atom stereocenters. The van der Waals surface area contributed by atoms with Gasteiger partial charge in [-0.2, -0.15) is 0 Å². The van der Waals surface area contributed by atoms with Gasteiger partial charge < -0.3 is 10.1 Å². The van der Waals surface area contributed by atoms with E-state index in [-0.39, 0.29) is 6.04 Å². The Kier molecular flexibility index (Phi) is 6.21. The summed E-state index contributed by atoms with van der Waals surface area (Å²) in [5, 5.41) is 3.50. The quantitative estimate of drug-likeness (QED) is 0.800. The molecule has 112 valence electrons. The number of pyridine rings is 1. The van der Waals surface area contributed by atoms with E-state index in [1.54, 1.807) is 6.20 Å². The predicted molar refractivity (Wildman–Crippen MR) is 89.4 cm³/mol. The molecule has 0 aliphatic rings. The zero-order valence-electron chi connectivity index (χ0n) is 12.5. The second kappa shape index (κ2) is 8.15. The summed E-state index contributed by atoms with van der Waals surface area (Å²) in [6.07, 6.45) is 4.72. The van der Waals surface area contributed by atoms with E-state index in [0.29, 0.717) is 6.61 Å². The van der Waals surface area contributed by atoms with Crippen molar-refractivity contribution in [3.63, 3.8) is 0 Å². The summed E-state index contributed by atoms with van der Waals surface area (Å²) in [7, 11) is 0. The van der Waals surface area contributed by atoms with Crippen molar-refractivity contribution in [1.82, 2.24) is 10.3 Å². The number of halogens is 1. The van der Waals surface area contributed by atoms with Gasteiger partial charge >= 0.3 is 0 Å². The van der Waals surface area contributed by atoms with Crippen molar-refractivity contribution in [2.45, 2.75) is 32.9 Å². The molecular formula is C17H21BrN2O. The fourth-order valence-corrected chi connectivity index (χ4v) is 2.45. The lowest BCUT2D eigenvalue weighted by Gasteiger charge is -2.18. The summed E-state index contributed by atoms with van der Waals surface area (Å²) in [5.74, 6) is 0.907. The lowest BCUT2D eigenvalue weighted by atomic mass is 10.1. The maximum atomic E-state index is 6.00. The Balaban J connectivity index is 2.11. The molecule has 0 aliphatic heterocycles. The molecule has 3 nitrogen and oxygen atoms in total. The van der Waals surface area contributed by atoms with Gasteiger partial charge in [-0.3, -0.25) is 4.98 Å². The molecule has 1 aromatic heterocycles. The molecule has 2 aromatic rings. The molecule has 1 N–H and O–H groups in total. The maximum Gasteiger partial charge on any atom is 0.125 e. The van der Waals surface area contributed by atoms with Crippen molar-refractivity contribution < 1.29 is 4.74 Å². The molecule has 0 radical (unpaired) electrons. The summed E-state index contributed by atoms with van der Waals surface area (Å²) in [6.45, 7) is 5.86. The fourth-order valence-electron chi connectivity index (χ4n) is 2.11. The van der Waals surface area contributed by atoms with Crippen LogP contribution in [-0.2, 0) is 6.61 Å². The van der Waals surface area contributed by atoms with Crippen LogP contribution < -0.4 is 10.1 Å². The topological polar surface area (TPSA) is 34.1 Å². The Labute approximate surface area is 134 Å². The SMILES string of the molecule is CCCNC(C)c1ccc(Br)cc1OCc1cccnc1.